The van der Waals surface area contributed by atoms with Gasteiger partial charge in [-0.2, -0.15) is 0 Å². The summed E-state index contributed by atoms with van der Waals surface area (Å²) in [5.74, 6) is 10.9. The molecular weight excluding hydrogens is 271 g/mol. The Morgan fingerprint density at radius 3 is 2.47 bits per heavy atom. The molecule has 8 heteroatoms. The maximum Gasteiger partial charge on any atom is 0.469 e. The van der Waals surface area contributed by atoms with Crippen molar-refractivity contribution in [2.24, 2.45) is 11.5 Å². The van der Waals surface area contributed by atoms with Crippen LogP contribution in [-0.4, -0.2) is 22.9 Å². The Labute approximate surface area is 110 Å². The lowest BCUT2D eigenvalue weighted by atomic mass is 10.2. The van der Waals surface area contributed by atoms with Gasteiger partial charge in [-0.05, 0) is 17.9 Å². The third-order valence-corrected chi connectivity index (χ3v) is 2.28. The molecular formula is C11H13N2O5P. The molecule has 0 unspecified atom stereocenters. The van der Waals surface area contributed by atoms with E-state index in [4.69, 9.17) is 25.7 Å². The van der Waals surface area contributed by atoms with Crippen molar-refractivity contribution in [1.29, 1.82) is 0 Å². The second kappa shape index (κ2) is 7.13. The Morgan fingerprint density at radius 2 is 1.89 bits per heavy atom. The van der Waals surface area contributed by atoms with Crippen molar-refractivity contribution in [3.05, 3.63) is 23.2 Å². The van der Waals surface area contributed by atoms with Crippen LogP contribution in [0, 0.1) is 23.7 Å². The first-order valence-electron chi connectivity index (χ1n) is 5.17. The highest BCUT2D eigenvalue weighted by Gasteiger charge is 2.17. The number of phosphoric ester groups is 1. The van der Waals surface area contributed by atoms with Gasteiger partial charge in [-0.25, -0.2) is 4.57 Å². The molecule has 1 rings (SSSR count). The van der Waals surface area contributed by atoms with Crippen LogP contribution in [0.2, 0.25) is 0 Å². The minimum absolute atomic E-state index is 0.128. The first kappa shape index (κ1) is 15.5. The largest absolute Gasteiger partial charge is 0.469 e. The summed E-state index contributed by atoms with van der Waals surface area (Å²) in [5, 5.41) is 0. The van der Waals surface area contributed by atoms with Crippen molar-refractivity contribution in [3.8, 4) is 23.7 Å². The number of nitrogens with two attached hydrogens (primary N) is 2. The Kier molecular flexibility index (Phi) is 5.81. The molecule has 6 N–H and O–H groups in total. The number of furan rings is 1. The van der Waals surface area contributed by atoms with E-state index >= 15 is 0 Å². The second-order valence-electron chi connectivity index (χ2n) is 3.24. The molecule has 19 heavy (non-hydrogen) atoms. The van der Waals surface area contributed by atoms with Gasteiger partial charge in [0, 0.05) is 5.56 Å². The van der Waals surface area contributed by atoms with E-state index < -0.39 is 7.82 Å². The summed E-state index contributed by atoms with van der Waals surface area (Å²) in [5.41, 5.74) is 10.9. The van der Waals surface area contributed by atoms with Crippen LogP contribution in [0.4, 0.5) is 0 Å². The average molecular weight is 284 g/mol. The number of rotatable bonds is 3. The van der Waals surface area contributed by atoms with Crippen molar-refractivity contribution in [3.63, 3.8) is 0 Å². The van der Waals surface area contributed by atoms with Crippen LogP contribution in [0.1, 0.15) is 17.1 Å². The molecule has 0 atom stereocenters. The molecule has 0 aliphatic carbocycles. The third-order valence-electron chi connectivity index (χ3n) is 1.81. The maximum atomic E-state index is 10.6. The van der Waals surface area contributed by atoms with Crippen LogP contribution in [0.25, 0.3) is 0 Å². The van der Waals surface area contributed by atoms with E-state index in [1.165, 1.54) is 6.07 Å². The molecule has 1 heterocycles. The number of hydrogen-bond acceptors (Lipinski definition) is 5. The van der Waals surface area contributed by atoms with E-state index in [1.807, 2.05) is 0 Å². The smallest absolute Gasteiger partial charge is 0.439 e. The maximum absolute atomic E-state index is 10.6. The molecule has 1 aromatic heterocycles. The van der Waals surface area contributed by atoms with Crippen LogP contribution in [0.15, 0.2) is 10.5 Å². The zero-order valence-electron chi connectivity index (χ0n) is 9.92. The summed E-state index contributed by atoms with van der Waals surface area (Å²) >= 11 is 0. The molecule has 0 aromatic carbocycles. The topological polar surface area (TPSA) is 132 Å². The minimum Gasteiger partial charge on any atom is -0.439 e. The van der Waals surface area contributed by atoms with Crippen molar-refractivity contribution in [1.82, 2.24) is 0 Å². The Hall–Kier alpha value is -1.57. The van der Waals surface area contributed by atoms with Gasteiger partial charge >= 0.3 is 7.82 Å². The highest BCUT2D eigenvalue weighted by atomic mass is 31.2. The lowest BCUT2D eigenvalue weighted by Gasteiger charge is -2.02. The van der Waals surface area contributed by atoms with E-state index in [2.05, 4.69) is 28.2 Å². The van der Waals surface area contributed by atoms with Crippen LogP contribution < -0.4 is 11.5 Å². The third kappa shape index (κ3) is 5.73. The molecule has 0 aliphatic rings. The van der Waals surface area contributed by atoms with Gasteiger partial charge in [-0.3, -0.25) is 4.52 Å². The predicted octanol–water partition coefficient (Wildman–Crippen LogP) is -0.491. The summed E-state index contributed by atoms with van der Waals surface area (Å²) < 4.78 is 20.3. The molecule has 0 radical (unpaired) electrons. The van der Waals surface area contributed by atoms with Gasteiger partial charge in [-0.15, -0.1) is 0 Å². The van der Waals surface area contributed by atoms with E-state index in [-0.39, 0.29) is 31.2 Å². The van der Waals surface area contributed by atoms with Crippen LogP contribution in [0.3, 0.4) is 0 Å². The lowest BCUT2D eigenvalue weighted by Crippen LogP contribution is -1.94. The summed E-state index contributed by atoms with van der Waals surface area (Å²) in [6.45, 7) is -0.0468. The van der Waals surface area contributed by atoms with Gasteiger partial charge in [-0.1, -0.05) is 11.8 Å². The fourth-order valence-electron chi connectivity index (χ4n) is 1.13. The quantitative estimate of drug-likeness (QED) is 0.435. The highest BCUT2D eigenvalue weighted by Crippen LogP contribution is 2.37. The molecule has 7 nitrogen and oxygen atoms in total. The Balaban J connectivity index is 2.98. The van der Waals surface area contributed by atoms with Crippen LogP contribution >= 0.6 is 7.82 Å². The van der Waals surface area contributed by atoms with Crippen molar-refractivity contribution >= 4 is 7.82 Å². The van der Waals surface area contributed by atoms with Crippen LogP contribution in [0.5, 0.6) is 0 Å². The van der Waals surface area contributed by atoms with E-state index in [0.29, 0.717) is 5.56 Å². The molecule has 0 saturated carbocycles. The predicted molar refractivity (Wildman–Crippen MR) is 67.4 cm³/mol. The van der Waals surface area contributed by atoms with Crippen molar-refractivity contribution in [2.75, 3.05) is 13.1 Å². The molecule has 102 valence electrons. The van der Waals surface area contributed by atoms with Gasteiger partial charge in [0.2, 0.25) is 0 Å². The normalized spacial score (nSPS) is 10.3. The monoisotopic (exact) mass is 284 g/mol. The summed E-state index contributed by atoms with van der Waals surface area (Å²) in [6, 6.07) is 1.48. The van der Waals surface area contributed by atoms with Gasteiger partial charge in [0.25, 0.3) is 0 Å². The summed E-state index contributed by atoms with van der Waals surface area (Å²) in [4.78, 5) is 17.3. The zero-order chi connectivity index (χ0) is 14.3. The van der Waals surface area contributed by atoms with Gasteiger partial charge < -0.3 is 25.7 Å². The molecule has 0 fully saturated rings. The van der Waals surface area contributed by atoms with Crippen LogP contribution in [-0.2, 0) is 15.7 Å². The second-order valence-corrected chi connectivity index (χ2v) is 4.48. The first-order chi connectivity index (χ1) is 8.96. The summed E-state index contributed by atoms with van der Waals surface area (Å²) in [7, 11) is -4.56. The fraction of sp³-hybridized carbons (Fsp3) is 0.273. The zero-order valence-corrected chi connectivity index (χ0v) is 10.8. The molecule has 1 aromatic rings. The Bertz CT molecular complexity index is 596. The molecule has 0 saturated heterocycles. The standard InChI is InChI=1S/C11H13N2O5P/c12-5-1-3-10-7-9(8-17-19(14,15)16)11(18-10)4-2-6-13/h7H,5-6,8,12-13H2,(H2,14,15,16). The van der Waals surface area contributed by atoms with Gasteiger partial charge in [0.05, 0.1) is 19.7 Å². The van der Waals surface area contributed by atoms with Gasteiger partial charge in [0.15, 0.2) is 11.5 Å². The SMILES string of the molecule is NCC#Cc1cc(COP(=O)(O)O)c(C#CCN)o1. The van der Waals surface area contributed by atoms with Crippen molar-refractivity contribution in [2.45, 2.75) is 6.61 Å². The first-order valence-corrected chi connectivity index (χ1v) is 6.70. The highest BCUT2D eigenvalue weighted by molar-refractivity contribution is 7.46. The van der Waals surface area contributed by atoms with E-state index in [1.54, 1.807) is 0 Å². The molecule has 0 amide bonds. The summed E-state index contributed by atoms with van der Waals surface area (Å²) in [6.07, 6.45) is 0. The molecule has 0 spiro atoms. The average Bonchev–Trinajstić information content (AvgIpc) is 2.73. The number of hydrogen-bond donors (Lipinski definition) is 4. The lowest BCUT2D eigenvalue weighted by molar-refractivity contribution is 0.188. The van der Waals surface area contributed by atoms with E-state index in [9.17, 15) is 4.57 Å². The Morgan fingerprint density at radius 1 is 1.26 bits per heavy atom. The van der Waals surface area contributed by atoms with Gasteiger partial charge in [0.1, 0.15) is 0 Å². The molecule has 0 bridgehead atoms. The molecule has 0 aliphatic heterocycles. The number of phosphoric acid groups is 1. The van der Waals surface area contributed by atoms with Crippen molar-refractivity contribution < 1.29 is 23.3 Å². The fourth-order valence-corrected chi connectivity index (χ4v) is 1.43. The minimum atomic E-state index is -4.56. The van der Waals surface area contributed by atoms with E-state index in [0.717, 1.165) is 0 Å².